The van der Waals surface area contributed by atoms with Crippen LogP contribution >= 0.6 is 11.8 Å². The molecule has 16 heavy (non-hydrogen) atoms. The van der Waals surface area contributed by atoms with Gasteiger partial charge in [-0.15, -0.1) is 0 Å². The average Bonchev–Trinajstić information content (AvgIpc) is 2.63. The van der Waals surface area contributed by atoms with Crippen LogP contribution in [0.4, 0.5) is 17.3 Å². The average molecular weight is 258 g/mol. The molecule has 1 aliphatic heterocycles. The van der Waals surface area contributed by atoms with E-state index < -0.39 is 18.1 Å². The minimum absolute atomic E-state index is 0.390. The van der Waals surface area contributed by atoms with Crippen LogP contribution in [0.15, 0.2) is 11.5 Å². The maximum Gasteiger partial charge on any atom is 0.673 e. The first-order valence-corrected chi connectivity index (χ1v) is 4.78. The van der Waals surface area contributed by atoms with Crippen molar-refractivity contribution in [3.8, 4) is 0 Å². The number of thioether (sulfide) groups is 1. The Bertz CT molecular complexity index is 313. The number of halogens is 4. The van der Waals surface area contributed by atoms with E-state index in [1.54, 1.807) is 11.5 Å². The lowest BCUT2D eigenvalue weighted by Gasteiger charge is -2.02. The molecule has 0 saturated carbocycles. The Morgan fingerprint density at radius 2 is 2.06 bits per heavy atom. The van der Waals surface area contributed by atoms with Crippen LogP contribution in [0.2, 0.25) is 0 Å². The third-order valence-electron chi connectivity index (χ3n) is 1.42. The van der Waals surface area contributed by atoms with Gasteiger partial charge in [0.1, 0.15) is 4.98 Å². The van der Waals surface area contributed by atoms with E-state index in [2.05, 4.69) is 9.71 Å². The highest BCUT2D eigenvalue weighted by Crippen LogP contribution is 2.38. The molecule has 0 amide bonds. The Morgan fingerprint density at radius 3 is 2.31 bits per heavy atom. The Balaban J connectivity index is 0.000000385. The predicted molar refractivity (Wildman–Crippen MR) is 51.4 cm³/mol. The molecule has 0 aliphatic carbocycles. The highest BCUT2D eigenvalue weighted by atomic mass is 32.2. The van der Waals surface area contributed by atoms with Crippen molar-refractivity contribution in [2.45, 2.75) is 11.3 Å². The third-order valence-corrected chi connectivity index (χ3v) is 2.55. The van der Waals surface area contributed by atoms with Gasteiger partial charge < -0.3 is 22.0 Å². The molecule has 0 fully saturated rings. The summed E-state index contributed by atoms with van der Waals surface area (Å²) >= 11 is 1.15. The summed E-state index contributed by atoms with van der Waals surface area (Å²) in [4.78, 5) is 12.9. The lowest BCUT2D eigenvalue weighted by molar-refractivity contribution is -0.142. The monoisotopic (exact) mass is 258 g/mol. The summed E-state index contributed by atoms with van der Waals surface area (Å²) in [7, 11) is -4.73. The first kappa shape index (κ1) is 14.8. The van der Waals surface area contributed by atoms with Crippen LogP contribution in [-0.2, 0) is 9.53 Å². The molecule has 0 aromatic carbocycles. The Labute approximate surface area is 92.8 Å². The molecule has 0 aromatic rings. The lowest BCUT2D eigenvalue weighted by atomic mass is 10.2. The molecule has 1 unspecified atom stereocenters. The van der Waals surface area contributed by atoms with Gasteiger partial charge in [0.15, 0.2) is 0 Å². The van der Waals surface area contributed by atoms with Gasteiger partial charge in [-0.05, 0) is 17.2 Å². The zero-order valence-corrected chi connectivity index (χ0v) is 8.89. The molecule has 1 aliphatic rings. The van der Waals surface area contributed by atoms with Crippen molar-refractivity contribution in [1.29, 1.82) is 5.39 Å². The number of methoxy groups -OCH3 is 1. The number of carbonyl (C=O) groups is 1. The summed E-state index contributed by atoms with van der Waals surface area (Å²) in [6, 6.07) is 0. The van der Waals surface area contributed by atoms with Crippen LogP contribution in [0.5, 0.6) is 0 Å². The molecule has 0 aromatic heterocycles. The van der Waals surface area contributed by atoms with E-state index in [1.807, 2.05) is 0 Å². The summed E-state index contributed by atoms with van der Waals surface area (Å²) in [5.74, 6) is -0.519. The van der Waals surface area contributed by atoms with E-state index in [1.165, 1.54) is 7.11 Å². The SMILES string of the molecule is COC(=O)C1([N+]#N)CC=CS1.F[B-](F)(F)F. The van der Waals surface area contributed by atoms with Crippen LogP contribution in [0.3, 0.4) is 0 Å². The van der Waals surface area contributed by atoms with Gasteiger partial charge in [0.05, 0.1) is 13.5 Å². The largest absolute Gasteiger partial charge is 0.673 e. The number of ether oxygens (including phenoxy) is 1. The highest BCUT2D eigenvalue weighted by molar-refractivity contribution is 8.04. The molecule has 1 rings (SSSR count). The molecule has 4 nitrogen and oxygen atoms in total. The minimum Gasteiger partial charge on any atom is -0.462 e. The van der Waals surface area contributed by atoms with Crippen molar-refractivity contribution in [3.05, 3.63) is 16.5 Å². The van der Waals surface area contributed by atoms with Gasteiger partial charge in [-0.2, -0.15) is 0 Å². The molecule has 1 atom stereocenters. The Hall–Kier alpha value is -1.24. The van der Waals surface area contributed by atoms with E-state index in [0.29, 0.717) is 6.42 Å². The topological polar surface area (TPSA) is 54.5 Å². The first-order chi connectivity index (χ1) is 7.25. The molecule has 0 N–H and O–H groups in total. The van der Waals surface area contributed by atoms with Crippen molar-refractivity contribution in [1.82, 2.24) is 0 Å². The van der Waals surface area contributed by atoms with Gasteiger partial charge in [0.25, 0.3) is 0 Å². The van der Waals surface area contributed by atoms with E-state index in [0.717, 1.165) is 11.8 Å². The van der Waals surface area contributed by atoms with Gasteiger partial charge in [-0.3, -0.25) is 0 Å². The molecule has 0 saturated heterocycles. The molecular weight excluding hydrogens is 251 g/mol. The number of hydrogen-bond donors (Lipinski definition) is 0. The maximum absolute atomic E-state index is 11.0. The van der Waals surface area contributed by atoms with Crippen molar-refractivity contribution in [2.75, 3.05) is 7.11 Å². The summed E-state index contributed by atoms with van der Waals surface area (Å²) in [5, 5.41) is 10.3. The summed E-state index contributed by atoms with van der Waals surface area (Å²) in [6.45, 7) is 0. The number of esters is 1. The zero-order chi connectivity index (χ0) is 12.8. The first-order valence-electron chi connectivity index (χ1n) is 3.90. The maximum atomic E-state index is 11.0. The van der Waals surface area contributed by atoms with Crippen molar-refractivity contribution < 1.29 is 26.8 Å². The number of carbonyl (C=O) groups excluding carboxylic acids is 1. The van der Waals surface area contributed by atoms with E-state index in [4.69, 9.17) is 5.39 Å². The predicted octanol–water partition coefficient (Wildman–Crippen LogP) is 2.66. The second-order valence-corrected chi connectivity index (χ2v) is 3.75. The smallest absolute Gasteiger partial charge is 0.462 e. The van der Waals surface area contributed by atoms with Crippen molar-refractivity contribution >= 4 is 25.0 Å². The van der Waals surface area contributed by atoms with Gasteiger partial charge >= 0.3 is 18.1 Å². The quantitative estimate of drug-likeness (QED) is 0.314. The second kappa shape index (κ2) is 5.74. The van der Waals surface area contributed by atoms with Gasteiger partial charge in [0, 0.05) is 0 Å². The van der Waals surface area contributed by atoms with Crippen molar-refractivity contribution in [2.24, 2.45) is 0 Å². The standard InChI is InChI=1S/C6H7N2O2S.BF4/c1-10-5(9)6(8-7)3-2-4-11-6;2-1(3,4)5/h2,4H,3H2,1H3;/q+1;-1. The molecule has 0 radical (unpaired) electrons. The fraction of sp³-hybridized carbons (Fsp3) is 0.500. The number of rotatable bonds is 1. The van der Waals surface area contributed by atoms with Crippen molar-refractivity contribution in [3.63, 3.8) is 0 Å². The van der Waals surface area contributed by atoms with Gasteiger partial charge in [-0.25, -0.2) is 4.79 Å². The van der Waals surface area contributed by atoms with Crippen LogP contribution < -0.4 is 0 Å². The van der Waals surface area contributed by atoms with Gasteiger partial charge in [-0.1, -0.05) is 6.08 Å². The summed E-state index contributed by atoms with van der Waals surface area (Å²) < 4.78 is 43.5. The van der Waals surface area contributed by atoms with Crippen LogP contribution in [0.25, 0.3) is 4.98 Å². The van der Waals surface area contributed by atoms with Crippen LogP contribution in [0, 0.1) is 5.39 Å². The zero-order valence-electron chi connectivity index (χ0n) is 8.07. The summed E-state index contributed by atoms with van der Waals surface area (Å²) in [6.07, 6.45) is 2.15. The number of nitrogens with zero attached hydrogens (tertiary/aromatic N) is 2. The van der Waals surface area contributed by atoms with Crippen LogP contribution in [-0.4, -0.2) is 25.2 Å². The van der Waals surface area contributed by atoms with E-state index >= 15 is 0 Å². The number of diazo groups is 1. The third kappa shape index (κ3) is 5.02. The highest BCUT2D eigenvalue weighted by Gasteiger charge is 2.55. The Morgan fingerprint density at radius 1 is 1.56 bits per heavy atom. The second-order valence-electron chi connectivity index (χ2n) is 2.56. The van der Waals surface area contributed by atoms with E-state index in [-0.39, 0.29) is 0 Å². The fourth-order valence-electron chi connectivity index (χ4n) is 0.813. The van der Waals surface area contributed by atoms with Gasteiger partial charge in [0.2, 0.25) is 5.39 Å². The molecule has 0 bridgehead atoms. The van der Waals surface area contributed by atoms with E-state index in [9.17, 15) is 22.1 Å². The normalized spacial score (nSPS) is 23.0. The van der Waals surface area contributed by atoms with Crippen LogP contribution in [0.1, 0.15) is 6.42 Å². The molecular formula is C6H7BF4N2O2S. The molecule has 10 heteroatoms. The molecule has 0 spiro atoms. The Kier molecular flexibility index (Phi) is 5.30. The minimum atomic E-state index is -6.00. The molecule has 90 valence electrons. The molecule has 1 heterocycles. The fourth-order valence-corrected chi connectivity index (χ4v) is 1.65. The lowest BCUT2D eigenvalue weighted by Crippen LogP contribution is -2.29. The number of hydrogen-bond acceptors (Lipinski definition) is 4. The summed E-state index contributed by atoms with van der Waals surface area (Å²) in [5.41, 5.74) is 0.